The molecule has 108 valence electrons. The van der Waals surface area contributed by atoms with Crippen molar-refractivity contribution in [2.45, 2.75) is 37.6 Å². The molecular formula is C15H18ClNO3. The number of nitrogens with one attached hydrogen (secondary N) is 1. The Morgan fingerprint density at radius 1 is 1.25 bits per heavy atom. The van der Waals surface area contributed by atoms with Gasteiger partial charge < -0.3 is 10.1 Å². The number of halogens is 1. The molecule has 0 unspecified atom stereocenters. The number of rotatable bonds is 3. The SMILES string of the molecule is COC(=O)C1(NC(=O)c2cccc(Cl)c2)CCCCC1. The molecule has 1 fully saturated rings. The fourth-order valence-electron chi connectivity index (χ4n) is 2.65. The lowest BCUT2D eigenvalue weighted by molar-refractivity contribution is -0.149. The fourth-order valence-corrected chi connectivity index (χ4v) is 2.84. The molecule has 4 nitrogen and oxygen atoms in total. The van der Waals surface area contributed by atoms with Crippen LogP contribution >= 0.6 is 11.6 Å². The summed E-state index contributed by atoms with van der Waals surface area (Å²) in [5.41, 5.74) is -0.446. The lowest BCUT2D eigenvalue weighted by Crippen LogP contribution is -2.56. The van der Waals surface area contributed by atoms with Crippen molar-refractivity contribution >= 4 is 23.5 Å². The number of ether oxygens (including phenoxy) is 1. The van der Waals surface area contributed by atoms with E-state index in [0.29, 0.717) is 23.4 Å². The van der Waals surface area contributed by atoms with Gasteiger partial charge in [-0.15, -0.1) is 0 Å². The molecule has 0 spiro atoms. The van der Waals surface area contributed by atoms with Crippen LogP contribution in [-0.2, 0) is 9.53 Å². The first kappa shape index (κ1) is 14.9. The lowest BCUT2D eigenvalue weighted by Gasteiger charge is -2.35. The molecule has 1 aromatic rings. The second-order valence-electron chi connectivity index (χ2n) is 5.10. The first-order valence-electron chi connectivity index (χ1n) is 6.74. The standard InChI is InChI=1S/C15H18ClNO3/c1-20-14(19)15(8-3-2-4-9-15)17-13(18)11-6-5-7-12(16)10-11/h5-7,10H,2-4,8-9H2,1H3,(H,17,18). The van der Waals surface area contributed by atoms with Crippen molar-refractivity contribution in [3.05, 3.63) is 34.9 Å². The molecular weight excluding hydrogens is 278 g/mol. The molecule has 1 saturated carbocycles. The van der Waals surface area contributed by atoms with Gasteiger partial charge in [0.1, 0.15) is 5.54 Å². The van der Waals surface area contributed by atoms with Gasteiger partial charge in [0, 0.05) is 10.6 Å². The van der Waals surface area contributed by atoms with E-state index >= 15 is 0 Å². The summed E-state index contributed by atoms with van der Waals surface area (Å²) in [5, 5.41) is 3.35. The van der Waals surface area contributed by atoms with E-state index in [1.54, 1.807) is 24.3 Å². The van der Waals surface area contributed by atoms with E-state index in [1.165, 1.54) is 7.11 Å². The Labute approximate surface area is 123 Å². The van der Waals surface area contributed by atoms with Crippen molar-refractivity contribution in [2.24, 2.45) is 0 Å². The van der Waals surface area contributed by atoms with Crippen LogP contribution in [-0.4, -0.2) is 24.5 Å². The third kappa shape index (κ3) is 3.12. The zero-order valence-electron chi connectivity index (χ0n) is 11.4. The first-order valence-corrected chi connectivity index (χ1v) is 7.12. The molecule has 1 aliphatic carbocycles. The largest absolute Gasteiger partial charge is 0.467 e. The van der Waals surface area contributed by atoms with Gasteiger partial charge in [-0.3, -0.25) is 4.79 Å². The number of hydrogen-bond donors (Lipinski definition) is 1. The molecule has 20 heavy (non-hydrogen) atoms. The lowest BCUT2D eigenvalue weighted by atomic mass is 9.81. The van der Waals surface area contributed by atoms with E-state index in [1.807, 2.05) is 0 Å². The highest BCUT2D eigenvalue weighted by Gasteiger charge is 2.42. The van der Waals surface area contributed by atoms with Crippen LogP contribution in [0.4, 0.5) is 0 Å². The van der Waals surface area contributed by atoms with Gasteiger partial charge in [0.05, 0.1) is 7.11 Å². The Hall–Kier alpha value is -1.55. The molecule has 0 bridgehead atoms. The maximum Gasteiger partial charge on any atom is 0.331 e. The third-order valence-corrected chi connectivity index (χ3v) is 3.96. The molecule has 5 heteroatoms. The van der Waals surface area contributed by atoms with Crippen molar-refractivity contribution < 1.29 is 14.3 Å². The van der Waals surface area contributed by atoms with Crippen molar-refractivity contribution in [1.82, 2.24) is 5.32 Å². The zero-order chi connectivity index (χ0) is 14.6. The Morgan fingerprint density at radius 3 is 2.55 bits per heavy atom. The second-order valence-corrected chi connectivity index (χ2v) is 5.54. The summed E-state index contributed by atoms with van der Waals surface area (Å²) < 4.78 is 4.87. The van der Waals surface area contributed by atoms with Crippen molar-refractivity contribution in [1.29, 1.82) is 0 Å². The van der Waals surface area contributed by atoms with Gasteiger partial charge >= 0.3 is 5.97 Å². The van der Waals surface area contributed by atoms with E-state index in [2.05, 4.69) is 5.32 Å². The topological polar surface area (TPSA) is 55.4 Å². The zero-order valence-corrected chi connectivity index (χ0v) is 12.2. The van der Waals surface area contributed by atoms with Crippen LogP contribution in [0.1, 0.15) is 42.5 Å². The van der Waals surface area contributed by atoms with E-state index in [-0.39, 0.29) is 11.9 Å². The van der Waals surface area contributed by atoms with E-state index in [0.717, 1.165) is 19.3 Å². The van der Waals surface area contributed by atoms with Gasteiger partial charge in [-0.2, -0.15) is 0 Å². The number of esters is 1. The molecule has 1 amide bonds. The summed E-state index contributed by atoms with van der Waals surface area (Å²) in [6.45, 7) is 0. The van der Waals surface area contributed by atoms with E-state index in [4.69, 9.17) is 16.3 Å². The number of hydrogen-bond acceptors (Lipinski definition) is 3. The molecule has 2 rings (SSSR count). The van der Waals surface area contributed by atoms with Gasteiger partial charge in [-0.1, -0.05) is 36.9 Å². The Morgan fingerprint density at radius 2 is 1.95 bits per heavy atom. The molecule has 1 aliphatic rings. The van der Waals surface area contributed by atoms with Gasteiger partial charge in [0.25, 0.3) is 5.91 Å². The number of benzene rings is 1. The predicted molar refractivity (Wildman–Crippen MR) is 76.8 cm³/mol. The first-order chi connectivity index (χ1) is 9.57. The molecule has 0 radical (unpaired) electrons. The van der Waals surface area contributed by atoms with Crippen LogP contribution in [0.5, 0.6) is 0 Å². The van der Waals surface area contributed by atoms with Crippen LogP contribution in [0.25, 0.3) is 0 Å². The Balaban J connectivity index is 2.19. The quantitative estimate of drug-likeness (QED) is 0.872. The Kier molecular flexibility index (Phi) is 4.65. The van der Waals surface area contributed by atoms with Crippen LogP contribution < -0.4 is 5.32 Å². The minimum Gasteiger partial charge on any atom is -0.467 e. The minimum atomic E-state index is -0.896. The molecule has 0 heterocycles. The monoisotopic (exact) mass is 295 g/mol. The van der Waals surface area contributed by atoms with Gasteiger partial charge in [0.2, 0.25) is 0 Å². The number of methoxy groups -OCH3 is 1. The molecule has 0 atom stereocenters. The number of amides is 1. The smallest absolute Gasteiger partial charge is 0.331 e. The minimum absolute atomic E-state index is 0.292. The Bertz CT molecular complexity index is 510. The van der Waals surface area contributed by atoms with E-state index < -0.39 is 5.54 Å². The average Bonchev–Trinajstić information content (AvgIpc) is 2.47. The number of carbonyl (C=O) groups is 2. The molecule has 0 aromatic heterocycles. The van der Waals surface area contributed by atoms with Crippen LogP contribution in [0.3, 0.4) is 0 Å². The summed E-state index contributed by atoms with van der Waals surface area (Å²) in [5.74, 6) is -0.660. The summed E-state index contributed by atoms with van der Waals surface area (Å²) in [4.78, 5) is 24.4. The van der Waals surface area contributed by atoms with Gasteiger partial charge in [-0.25, -0.2) is 4.79 Å². The summed E-state index contributed by atoms with van der Waals surface area (Å²) in [7, 11) is 1.35. The predicted octanol–water partition coefficient (Wildman–Crippen LogP) is 2.95. The third-order valence-electron chi connectivity index (χ3n) is 3.72. The number of carbonyl (C=O) groups excluding carboxylic acids is 2. The molecule has 0 aliphatic heterocycles. The van der Waals surface area contributed by atoms with Gasteiger partial charge in [-0.05, 0) is 31.0 Å². The maximum absolute atomic E-state index is 12.3. The molecule has 1 aromatic carbocycles. The highest BCUT2D eigenvalue weighted by molar-refractivity contribution is 6.31. The average molecular weight is 296 g/mol. The summed E-state index contributed by atoms with van der Waals surface area (Å²) in [6, 6.07) is 6.68. The van der Waals surface area contributed by atoms with Crippen LogP contribution in [0, 0.1) is 0 Å². The van der Waals surface area contributed by atoms with Crippen molar-refractivity contribution in [2.75, 3.05) is 7.11 Å². The maximum atomic E-state index is 12.3. The van der Waals surface area contributed by atoms with Crippen LogP contribution in [0.2, 0.25) is 5.02 Å². The highest BCUT2D eigenvalue weighted by Crippen LogP contribution is 2.29. The van der Waals surface area contributed by atoms with Crippen molar-refractivity contribution in [3.63, 3.8) is 0 Å². The van der Waals surface area contributed by atoms with Crippen molar-refractivity contribution in [3.8, 4) is 0 Å². The van der Waals surface area contributed by atoms with Crippen LogP contribution in [0.15, 0.2) is 24.3 Å². The molecule has 1 N–H and O–H groups in total. The molecule has 0 saturated heterocycles. The van der Waals surface area contributed by atoms with Gasteiger partial charge in [0.15, 0.2) is 0 Å². The fraction of sp³-hybridized carbons (Fsp3) is 0.467. The van der Waals surface area contributed by atoms with E-state index in [9.17, 15) is 9.59 Å². The highest BCUT2D eigenvalue weighted by atomic mass is 35.5. The normalized spacial score (nSPS) is 17.3. The summed E-state index contributed by atoms with van der Waals surface area (Å²) in [6.07, 6.45) is 4.12. The second kappa shape index (κ2) is 6.27. The summed E-state index contributed by atoms with van der Waals surface area (Å²) >= 11 is 5.88.